The topological polar surface area (TPSA) is 185 Å². The Hall–Kier alpha value is -4.53. The summed E-state index contributed by atoms with van der Waals surface area (Å²) in [7, 11) is 1.60. The van der Waals surface area contributed by atoms with Crippen LogP contribution in [0.5, 0.6) is 0 Å². The Labute approximate surface area is 275 Å². The molecule has 5 rings (SSSR count). The zero-order valence-electron chi connectivity index (χ0n) is 24.5. The Kier molecular flexibility index (Phi) is 12.7. The van der Waals surface area contributed by atoms with E-state index >= 15 is 0 Å². The second-order valence-corrected chi connectivity index (χ2v) is 11.4. The summed E-state index contributed by atoms with van der Waals surface area (Å²) < 4.78 is 75.1. The molecule has 13 nitrogen and oxygen atoms in total. The molecule has 1 saturated heterocycles. The van der Waals surface area contributed by atoms with E-state index < -0.39 is 30.3 Å². The lowest BCUT2D eigenvalue weighted by Gasteiger charge is -2.40. The number of thiophene rings is 1. The number of carboxylic acids is 2. The number of carboxylic acid groups (broad SMARTS) is 2. The molecular weight excluding hydrogens is 702 g/mol. The molecule has 1 fully saturated rings. The van der Waals surface area contributed by atoms with Gasteiger partial charge < -0.3 is 30.1 Å². The smallest absolute Gasteiger partial charge is 0.475 e. The number of aromatic nitrogens is 3. The van der Waals surface area contributed by atoms with Crippen LogP contribution in [0, 0.1) is 0 Å². The van der Waals surface area contributed by atoms with Crippen molar-refractivity contribution in [1.29, 1.82) is 0 Å². The Bertz CT molecular complexity index is 1710. The maximum atomic E-state index is 13.4. The number of hydrogen-bond donors (Lipinski definition) is 3. The summed E-state index contributed by atoms with van der Waals surface area (Å²) in [5.41, 5.74) is 8.41. The van der Waals surface area contributed by atoms with E-state index in [1.165, 1.54) is 17.7 Å². The van der Waals surface area contributed by atoms with Gasteiger partial charge in [0.25, 0.3) is 0 Å². The molecule has 0 radical (unpaired) electrons. The number of fused-ring (bicyclic) bond motifs is 1. The van der Waals surface area contributed by atoms with E-state index in [-0.39, 0.29) is 5.91 Å². The van der Waals surface area contributed by atoms with Crippen LogP contribution in [-0.4, -0.2) is 98.2 Å². The van der Waals surface area contributed by atoms with E-state index in [2.05, 4.69) is 20.0 Å². The second-order valence-electron chi connectivity index (χ2n) is 9.70. The van der Waals surface area contributed by atoms with Gasteiger partial charge in [0, 0.05) is 38.2 Å². The summed E-state index contributed by atoms with van der Waals surface area (Å²) >= 11 is 7.48. The molecule has 0 bridgehead atoms. The third-order valence-corrected chi connectivity index (χ3v) is 7.61. The molecule has 4 N–H and O–H groups in total. The third kappa shape index (κ3) is 10.5. The van der Waals surface area contributed by atoms with Gasteiger partial charge in [-0.15, -0.1) is 11.3 Å². The highest BCUT2D eigenvalue weighted by Gasteiger charge is 2.39. The Morgan fingerprint density at radius 2 is 1.69 bits per heavy atom. The fraction of sp³-hybridized carbons (Fsp3) is 0.333. The average Bonchev–Trinajstić information content (AvgIpc) is 3.65. The van der Waals surface area contributed by atoms with Crippen LogP contribution in [0.1, 0.15) is 11.3 Å². The first-order valence-electron chi connectivity index (χ1n) is 13.2. The van der Waals surface area contributed by atoms with Crippen molar-refractivity contribution in [2.45, 2.75) is 31.5 Å². The largest absolute Gasteiger partial charge is 0.490 e. The van der Waals surface area contributed by atoms with Crippen molar-refractivity contribution >= 4 is 57.5 Å². The predicted octanol–water partition coefficient (Wildman–Crippen LogP) is 4.71. The monoisotopic (exact) mass is 726 g/mol. The zero-order chi connectivity index (χ0) is 35.8. The van der Waals surface area contributed by atoms with Crippen LogP contribution in [0.15, 0.2) is 47.2 Å². The summed E-state index contributed by atoms with van der Waals surface area (Å²) in [6, 6.07) is 11.0. The van der Waals surface area contributed by atoms with E-state index in [0.717, 1.165) is 27.0 Å². The number of rotatable bonds is 7. The van der Waals surface area contributed by atoms with Gasteiger partial charge in [0.15, 0.2) is 5.76 Å². The Morgan fingerprint density at radius 3 is 2.25 bits per heavy atom. The minimum absolute atomic E-state index is 0.0141. The number of nitrogen functional groups attached to an aromatic ring is 1. The van der Waals surface area contributed by atoms with Crippen molar-refractivity contribution in [3.05, 3.63) is 58.4 Å². The molecule has 1 atom stereocenters. The van der Waals surface area contributed by atoms with Crippen molar-refractivity contribution in [3.63, 3.8) is 0 Å². The number of methoxy groups -OCH3 is 1. The maximum Gasteiger partial charge on any atom is 0.490 e. The van der Waals surface area contributed by atoms with Gasteiger partial charge in [-0.3, -0.25) is 9.69 Å². The van der Waals surface area contributed by atoms with Crippen molar-refractivity contribution < 1.29 is 60.2 Å². The molecule has 1 aromatic carbocycles. The van der Waals surface area contributed by atoms with Crippen molar-refractivity contribution in [2.24, 2.45) is 0 Å². The molecule has 0 saturated carbocycles. The Balaban J connectivity index is 0.000000376. The average molecular weight is 727 g/mol. The van der Waals surface area contributed by atoms with Crippen LogP contribution < -0.4 is 5.73 Å². The molecule has 3 aromatic heterocycles. The van der Waals surface area contributed by atoms with Gasteiger partial charge >= 0.3 is 24.3 Å². The van der Waals surface area contributed by atoms with Gasteiger partial charge in [0.2, 0.25) is 5.91 Å². The van der Waals surface area contributed by atoms with Gasteiger partial charge in [-0.2, -0.15) is 26.3 Å². The number of nitrogens with two attached hydrogens (primary N) is 1. The number of piperazine rings is 1. The van der Waals surface area contributed by atoms with E-state index in [4.69, 9.17) is 46.4 Å². The molecule has 4 aromatic rings. The lowest BCUT2D eigenvalue weighted by molar-refractivity contribution is -0.193. The van der Waals surface area contributed by atoms with Crippen molar-refractivity contribution in [3.8, 4) is 10.6 Å². The third-order valence-electron chi connectivity index (χ3n) is 6.35. The molecular formula is C27H25ClF6N6O7S. The lowest BCUT2D eigenvalue weighted by Crippen LogP contribution is -2.57. The maximum absolute atomic E-state index is 13.4. The minimum atomic E-state index is -5.08. The normalized spacial score (nSPS) is 15.4. The molecule has 0 aliphatic carbocycles. The first kappa shape index (κ1) is 37.9. The fourth-order valence-corrected chi connectivity index (χ4v) is 5.16. The number of carbonyl (C=O) groups is 3. The van der Waals surface area contributed by atoms with Crippen LogP contribution in [0.4, 0.5) is 32.2 Å². The van der Waals surface area contributed by atoms with Gasteiger partial charge in [0.05, 0.1) is 27.9 Å². The van der Waals surface area contributed by atoms with Gasteiger partial charge in [-0.1, -0.05) is 22.8 Å². The number of nitrogens with zero attached hydrogens (tertiary/aromatic N) is 5. The van der Waals surface area contributed by atoms with Crippen LogP contribution in [-0.2, 0) is 32.2 Å². The summed E-state index contributed by atoms with van der Waals surface area (Å²) in [6.07, 6.45) is -8.72. The number of anilines is 1. The molecule has 1 aliphatic heterocycles. The summed E-state index contributed by atoms with van der Waals surface area (Å²) in [5.74, 6) is -4.37. The lowest BCUT2D eigenvalue weighted by atomic mass is 10.1. The highest BCUT2D eigenvalue weighted by atomic mass is 35.5. The second kappa shape index (κ2) is 16.0. The number of halogens is 7. The van der Waals surface area contributed by atoms with E-state index in [0.29, 0.717) is 48.7 Å². The number of hydrogen-bond acceptors (Lipinski definition) is 11. The van der Waals surface area contributed by atoms with Gasteiger partial charge in [-0.05, 0) is 29.8 Å². The fourth-order valence-electron chi connectivity index (χ4n) is 4.16. The number of amides is 1. The minimum Gasteiger partial charge on any atom is -0.475 e. The van der Waals surface area contributed by atoms with E-state index in [9.17, 15) is 31.1 Å². The van der Waals surface area contributed by atoms with Crippen molar-refractivity contribution in [2.75, 3.05) is 32.5 Å². The molecule has 1 aliphatic rings. The first-order valence-corrected chi connectivity index (χ1v) is 14.4. The number of carbonyl (C=O) groups excluding carboxylic acids is 1. The molecule has 48 heavy (non-hydrogen) atoms. The summed E-state index contributed by atoms with van der Waals surface area (Å²) in [4.78, 5) is 44.3. The first-order chi connectivity index (χ1) is 22.4. The molecule has 1 unspecified atom stereocenters. The van der Waals surface area contributed by atoms with E-state index in [1.54, 1.807) is 7.11 Å². The quantitative estimate of drug-likeness (QED) is 0.223. The molecule has 0 spiro atoms. The predicted molar refractivity (Wildman–Crippen MR) is 158 cm³/mol. The molecule has 21 heteroatoms. The highest BCUT2D eigenvalue weighted by Crippen LogP contribution is 2.31. The van der Waals surface area contributed by atoms with Crippen LogP contribution >= 0.6 is 22.9 Å². The summed E-state index contributed by atoms with van der Waals surface area (Å²) in [5, 5.41) is 19.2. The van der Waals surface area contributed by atoms with E-state index in [1.807, 2.05) is 41.3 Å². The van der Waals surface area contributed by atoms with Crippen molar-refractivity contribution in [1.82, 2.24) is 24.9 Å². The van der Waals surface area contributed by atoms with Gasteiger partial charge in [-0.25, -0.2) is 19.6 Å². The number of aliphatic carboxylic acids is 2. The van der Waals surface area contributed by atoms with Crippen LogP contribution in [0.2, 0.25) is 4.34 Å². The number of ether oxygens (including phenoxy) is 1. The molecule has 4 heterocycles. The SMILES string of the molecule is COCC1C(=O)N(Cc2ccc3c(N)ncnc3c2)CCN1Cc1cc(-c2ccc(Cl)s2)no1.O=C(O)C(F)(F)F.O=C(O)C(F)(F)F. The van der Waals surface area contributed by atoms with Gasteiger partial charge in [0.1, 0.15) is 23.9 Å². The summed E-state index contributed by atoms with van der Waals surface area (Å²) in [6.45, 7) is 2.51. The Morgan fingerprint density at radius 1 is 1.04 bits per heavy atom. The number of benzene rings is 1. The number of alkyl halides is 6. The molecule has 1 amide bonds. The van der Waals surface area contributed by atoms with Crippen LogP contribution in [0.25, 0.3) is 21.5 Å². The van der Waals surface area contributed by atoms with Crippen LogP contribution in [0.3, 0.4) is 0 Å². The molecule has 260 valence electrons. The zero-order valence-corrected chi connectivity index (χ0v) is 26.0. The highest BCUT2D eigenvalue weighted by molar-refractivity contribution is 7.19. The standard InChI is InChI=1S/C23H23ClN6O3S.2C2HF3O2/c1-32-12-19-23(31)30(10-14-2-3-16-17(8-14)26-13-27-22(16)25)7-6-29(19)11-15-9-18(28-33-15)20-4-5-21(24)34-20;2*3-2(4,5)1(6)7/h2-5,8-9,13,19H,6-7,10-12H2,1H3,(H2,25,26,27);2*(H,6,7).